The van der Waals surface area contributed by atoms with Crippen molar-refractivity contribution in [3.63, 3.8) is 0 Å². The highest BCUT2D eigenvalue weighted by Crippen LogP contribution is 2.39. The van der Waals surface area contributed by atoms with Crippen molar-refractivity contribution < 1.29 is 14.3 Å². The summed E-state index contributed by atoms with van der Waals surface area (Å²) in [7, 11) is 0. The zero-order valence-electron chi connectivity index (χ0n) is 13.9. The second kappa shape index (κ2) is 7.50. The Morgan fingerprint density at radius 1 is 1.16 bits per heavy atom. The fourth-order valence-corrected chi connectivity index (χ4v) is 5.90. The Morgan fingerprint density at radius 2 is 1.96 bits per heavy atom. The van der Waals surface area contributed by atoms with Crippen molar-refractivity contribution in [3.05, 3.63) is 24.3 Å². The lowest BCUT2D eigenvalue weighted by molar-refractivity contribution is -0.153. The minimum absolute atomic E-state index is 0.0701. The minimum atomic E-state index is -0.342. The van der Waals surface area contributed by atoms with E-state index in [1.54, 1.807) is 11.8 Å². The summed E-state index contributed by atoms with van der Waals surface area (Å²) >= 11 is 3.15. The van der Waals surface area contributed by atoms with Crippen LogP contribution in [0.4, 0.5) is 5.69 Å². The molecule has 2 heterocycles. The molecule has 1 aliphatic carbocycles. The summed E-state index contributed by atoms with van der Waals surface area (Å²) in [4.78, 5) is 26.2. The molecule has 5 nitrogen and oxygen atoms in total. The van der Waals surface area contributed by atoms with E-state index in [-0.39, 0.29) is 34.6 Å². The molecule has 1 aromatic carbocycles. The predicted molar refractivity (Wildman–Crippen MR) is 101 cm³/mol. The number of thioether (sulfide) groups is 2. The number of fused-ring (bicyclic) bond motifs is 1. The Kier molecular flexibility index (Phi) is 5.12. The van der Waals surface area contributed by atoms with Gasteiger partial charge in [0.25, 0.3) is 5.91 Å². The molecule has 3 unspecified atom stereocenters. The molecule has 1 saturated heterocycles. The van der Waals surface area contributed by atoms with Crippen LogP contribution in [-0.4, -0.2) is 34.5 Å². The van der Waals surface area contributed by atoms with Crippen molar-refractivity contribution >= 4 is 41.1 Å². The van der Waals surface area contributed by atoms with Gasteiger partial charge in [-0.05, 0) is 50.0 Å². The largest absolute Gasteiger partial charge is 0.462 e. The summed E-state index contributed by atoms with van der Waals surface area (Å²) in [5.74, 6) is 0.431. The molecule has 7 heteroatoms. The zero-order valence-corrected chi connectivity index (χ0v) is 15.5. The third kappa shape index (κ3) is 3.77. The Hall–Kier alpha value is -1.34. The van der Waals surface area contributed by atoms with Gasteiger partial charge >= 0.3 is 5.97 Å². The average molecular weight is 379 g/mol. The van der Waals surface area contributed by atoms with Gasteiger partial charge in [0.15, 0.2) is 5.37 Å². The van der Waals surface area contributed by atoms with E-state index in [0.29, 0.717) is 0 Å². The number of rotatable bonds is 4. The number of hydrogen-bond acceptors (Lipinski definition) is 6. The van der Waals surface area contributed by atoms with E-state index < -0.39 is 0 Å². The Morgan fingerprint density at radius 3 is 2.76 bits per heavy atom. The van der Waals surface area contributed by atoms with Gasteiger partial charge < -0.3 is 15.4 Å². The molecule has 4 rings (SSSR count). The fraction of sp³-hybridized carbons (Fsp3) is 0.556. The van der Waals surface area contributed by atoms with Gasteiger partial charge in [-0.1, -0.05) is 23.9 Å². The Labute approximate surface area is 156 Å². The predicted octanol–water partition coefficient (Wildman–Crippen LogP) is 3.21. The molecular weight excluding hydrogens is 356 g/mol. The van der Waals surface area contributed by atoms with Gasteiger partial charge in [0.05, 0.1) is 11.3 Å². The number of benzene rings is 1. The van der Waals surface area contributed by atoms with Crippen LogP contribution in [0.2, 0.25) is 0 Å². The lowest BCUT2D eigenvalue weighted by Gasteiger charge is -2.22. The van der Waals surface area contributed by atoms with Crippen LogP contribution in [0.5, 0.6) is 0 Å². The maximum Gasteiger partial charge on any atom is 0.312 e. The number of anilines is 1. The fourth-order valence-electron chi connectivity index (χ4n) is 3.55. The highest BCUT2D eigenvalue weighted by atomic mass is 32.2. The molecular formula is C18H22N2O3S2. The van der Waals surface area contributed by atoms with E-state index in [1.165, 1.54) is 11.8 Å². The Bertz CT molecular complexity index is 638. The first-order valence-electron chi connectivity index (χ1n) is 8.85. The van der Waals surface area contributed by atoms with Crippen LogP contribution < -0.4 is 10.6 Å². The molecule has 2 N–H and O–H groups in total. The van der Waals surface area contributed by atoms with Gasteiger partial charge in [-0.25, -0.2) is 0 Å². The van der Waals surface area contributed by atoms with Gasteiger partial charge in [0.1, 0.15) is 6.10 Å². The van der Waals surface area contributed by atoms with E-state index in [9.17, 15) is 9.59 Å². The highest BCUT2D eigenvalue weighted by molar-refractivity contribution is 8.01. The molecule has 1 amide bonds. The molecule has 3 aliphatic rings. The second-order valence-electron chi connectivity index (χ2n) is 6.68. The van der Waals surface area contributed by atoms with E-state index in [1.807, 2.05) is 24.3 Å². The SMILES string of the molecule is O=C(NC1SCCC1C(=O)OC1CCCC1)C1Nc2ccccc2S1. The van der Waals surface area contributed by atoms with E-state index >= 15 is 0 Å². The number of carbonyl (C=O) groups excluding carboxylic acids is 2. The standard InChI is InChI=1S/C18H22N2O3S2/c21-15(17-19-13-7-3-4-8-14(13)25-17)20-16-12(9-10-24-16)18(22)23-11-5-1-2-6-11/h3-4,7-8,11-12,16-17,19H,1-2,5-6,9-10H2,(H,20,21). The molecule has 0 bridgehead atoms. The molecule has 1 saturated carbocycles. The lowest BCUT2D eigenvalue weighted by Crippen LogP contribution is -2.44. The van der Waals surface area contributed by atoms with Crippen LogP contribution in [0.3, 0.4) is 0 Å². The first-order valence-corrected chi connectivity index (χ1v) is 10.8. The molecule has 3 atom stereocenters. The number of hydrogen-bond donors (Lipinski definition) is 2. The Balaban J connectivity index is 1.33. The number of esters is 1. The van der Waals surface area contributed by atoms with Crippen molar-refractivity contribution in [2.24, 2.45) is 5.92 Å². The van der Waals surface area contributed by atoms with Crippen molar-refractivity contribution in [2.75, 3.05) is 11.1 Å². The quantitative estimate of drug-likeness (QED) is 0.784. The van der Waals surface area contributed by atoms with Crippen molar-refractivity contribution in [1.82, 2.24) is 5.32 Å². The van der Waals surface area contributed by atoms with Crippen molar-refractivity contribution in [2.45, 2.75) is 53.9 Å². The zero-order chi connectivity index (χ0) is 17.2. The summed E-state index contributed by atoms with van der Waals surface area (Å²) in [5, 5.41) is 5.76. The molecule has 25 heavy (non-hydrogen) atoms. The third-order valence-corrected chi connectivity index (χ3v) is 7.38. The van der Waals surface area contributed by atoms with Gasteiger partial charge in [0.2, 0.25) is 0 Å². The molecule has 2 aliphatic heterocycles. The summed E-state index contributed by atoms with van der Waals surface area (Å²) in [6.07, 6.45) is 5.08. The van der Waals surface area contributed by atoms with Gasteiger partial charge in [-0.3, -0.25) is 9.59 Å². The number of ether oxygens (including phenoxy) is 1. The van der Waals surface area contributed by atoms with E-state index in [2.05, 4.69) is 10.6 Å². The van der Waals surface area contributed by atoms with Gasteiger partial charge in [-0.2, -0.15) is 0 Å². The van der Waals surface area contributed by atoms with Gasteiger partial charge in [-0.15, -0.1) is 11.8 Å². The number of para-hydroxylation sites is 1. The van der Waals surface area contributed by atoms with Crippen LogP contribution >= 0.6 is 23.5 Å². The molecule has 2 fully saturated rings. The van der Waals surface area contributed by atoms with Crippen LogP contribution in [-0.2, 0) is 14.3 Å². The van der Waals surface area contributed by atoms with Crippen molar-refractivity contribution in [3.8, 4) is 0 Å². The van der Waals surface area contributed by atoms with Gasteiger partial charge in [0, 0.05) is 10.6 Å². The highest BCUT2D eigenvalue weighted by Gasteiger charge is 2.39. The number of amides is 1. The smallest absolute Gasteiger partial charge is 0.312 e. The maximum absolute atomic E-state index is 12.6. The maximum atomic E-state index is 12.6. The first kappa shape index (κ1) is 17.1. The topological polar surface area (TPSA) is 67.4 Å². The molecule has 0 aromatic heterocycles. The third-order valence-electron chi connectivity index (χ3n) is 4.92. The van der Waals surface area contributed by atoms with Crippen molar-refractivity contribution in [1.29, 1.82) is 0 Å². The second-order valence-corrected chi connectivity index (χ2v) is 9.07. The summed E-state index contributed by atoms with van der Waals surface area (Å²) in [5.41, 5.74) is 0.990. The number of nitrogens with one attached hydrogen (secondary N) is 2. The summed E-state index contributed by atoms with van der Waals surface area (Å²) in [6, 6.07) is 7.90. The van der Waals surface area contributed by atoms with E-state index in [0.717, 1.165) is 48.4 Å². The normalized spacial score (nSPS) is 28.4. The molecule has 0 spiro atoms. The van der Waals surface area contributed by atoms with E-state index in [4.69, 9.17) is 4.74 Å². The minimum Gasteiger partial charge on any atom is -0.462 e. The monoisotopic (exact) mass is 378 g/mol. The lowest BCUT2D eigenvalue weighted by atomic mass is 10.1. The molecule has 1 aromatic rings. The van der Waals surface area contributed by atoms with Crippen LogP contribution in [0.25, 0.3) is 0 Å². The number of carbonyl (C=O) groups is 2. The van der Waals surface area contributed by atoms with Crippen LogP contribution in [0, 0.1) is 5.92 Å². The molecule has 0 radical (unpaired) electrons. The summed E-state index contributed by atoms with van der Waals surface area (Å²) < 4.78 is 5.66. The van der Waals surface area contributed by atoms with Crippen LogP contribution in [0.1, 0.15) is 32.1 Å². The molecule has 134 valence electrons. The van der Waals surface area contributed by atoms with Crippen LogP contribution in [0.15, 0.2) is 29.2 Å². The first-order chi connectivity index (χ1) is 12.2. The summed E-state index contributed by atoms with van der Waals surface area (Å²) in [6.45, 7) is 0. The average Bonchev–Trinajstić information content (AvgIpc) is 3.34.